The maximum absolute atomic E-state index is 11.3. The summed E-state index contributed by atoms with van der Waals surface area (Å²) < 4.78 is 2.14. The number of hydrogen-bond donors (Lipinski definition) is 1. The van der Waals surface area contributed by atoms with E-state index in [1.165, 1.54) is 0 Å². The summed E-state index contributed by atoms with van der Waals surface area (Å²) in [5.74, 6) is 0.0312. The molecular formula is C15H21N3O2. The molecule has 1 aromatic heterocycles. The standard InChI is InChI=1S/C15H21N3O2/c1-4-13-16-14-11(15(19)20)7-5-8-12(14)18(13)10-6-9-17(2)3/h5,7-8H,4,6,9-10H2,1-3H3,(H,19,20). The van der Waals surface area contributed by atoms with Gasteiger partial charge in [0.25, 0.3) is 0 Å². The lowest BCUT2D eigenvalue weighted by atomic mass is 10.2. The third kappa shape index (κ3) is 2.82. The Morgan fingerprint density at radius 2 is 2.15 bits per heavy atom. The molecule has 1 aromatic carbocycles. The summed E-state index contributed by atoms with van der Waals surface area (Å²) in [6.45, 7) is 3.91. The molecule has 2 aromatic rings. The van der Waals surface area contributed by atoms with Gasteiger partial charge in [0, 0.05) is 13.0 Å². The number of carboxylic acid groups (broad SMARTS) is 1. The number of aryl methyl sites for hydroxylation is 2. The average molecular weight is 275 g/mol. The molecule has 0 bridgehead atoms. The van der Waals surface area contributed by atoms with Gasteiger partial charge < -0.3 is 14.6 Å². The molecule has 20 heavy (non-hydrogen) atoms. The minimum atomic E-state index is -0.920. The maximum atomic E-state index is 11.3. The van der Waals surface area contributed by atoms with E-state index in [1.54, 1.807) is 12.1 Å². The molecule has 0 saturated heterocycles. The smallest absolute Gasteiger partial charge is 0.337 e. The molecule has 0 atom stereocenters. The van der Waals surface area contributed by atoms with E-state index in [2.05, 4.69) is 28.5 Å². The second-order valence-electron chi connectivity index (χ2n) is 5.17. The van der Waals surface area contributed by atoms with Gasteiger partial charge in [0.05, 0.1) is 11.1 Å². The van der Waals surface area contributed by atoms with Gasteiger partial charge in [0.2, 0.25) is 0 Å². The number of carbonyl (C=O) groups is 1. The van der Waals surface area contributed by atoms with Crippen molar-refractivity contribution in [1.82, 2.24) is 14.5 Å². The van der Waals surface area contributed by atoms with Gasteiger partial charge in [-0.05, 0) is 39.2 Å². The van der Waals surface area contributed by atoms with Crippen molar-refractivity contribution in [3.8, 4) is 0 Å². The first kappa shape index (κ1) is 14.5. The van der Waals surface area contributed by atoms with Crippen molar-refractivity contribution in [3.63, 3.8) is 0 Å². The summed E-state index contributed by atoms with van der Waals surface area (Å²) in [4.78, 5) is 17.9. The molecule has 2 rings (SSSR count). The highest BCUT2D eigenvalue weighted by atomic mass is 16.4. The van der Waals surface area contributed by atoms with Crippen LogP contribution in [0.2, 0.25) is 0 Å². The highest BCUT2D eigenvalue weighted by Crippen LogP contribution is 2.21. The van der Waals surface area contributed by atoms with Crippen molar-refractivity contribution < 1.29 is 9.90 Å². The van der Waals surface area contributed by atoms with Gasteiger partial charge in [-0.25, -0.2) is 9.78 Å². The van der Waals surface area contributed by atoms with E-state index in [0.29, 0.717) is 5.52 Å². The second kappa shape index (κ2) is 6.05. The number of rotatable bonds is 6. The largest absolute Gasteiger partial charge is 0.478 e. The molecule has 0 fully saturated rings. The van der Waals surface area contributed by atoms with Gasteiger partial charge in [0.1, 0.15) is 11.3 Å². The number of benzene rings is 1. The van der Waals surface area contributed by atoms with E-state index < -0.39 is 5.97 Å². The molecule has 0 amide bonds. The maximum Gasteiger partial charge on any atom is 0.337 e. The first-order chi connectivity index (χ1) is 9.54. The van der Waals surface area contributed by atoms with Gasteiger partial charge in [0.15, 0.2) is 0 Å². The number of carboxylic acids is 1. The highest BCUT2D eigenvalue weighted by molar-refractivity contribution is 6.01. The van der Waals surface area contributed by atoms with Crippen molar-refractivity contribution >= 4 is 17.0 Å². The topological polar surface area (TPSA) is 58.4 Å². The van der Waals surface area contributed by atoms with E-state index in [4.69, 9.17) is 0 Å². The quantitative estimate of drug-likeness (QED) is 0.878. The first-order valence-corrected chi connectivity index (χ1v) is 6.90. The fourth-order valence-corrected chi connectivity index (χ4v) is 2.43. The zero-order chi connectivity index (χ0) is 14.7. The summed E-state index contributed by atoms with van der Waals surface area (Å²) in [6.07, 6.45) is 1.82. The Labute approximate surface area is 118 Å². The van der Waals surface area contributed by atoms with Gasteiger partial charge in [-0.1, -0.05) is 13.0 Å². The van der Waals surface area contributed by atoms with Crippen molar-refractivity contribution in [2.45, 2.75) is 26.3 Å². The SMILES string of the molecule is CCc1nc2c(C(=O)O)cccc2n1CCCN(C)C. The van der Waals surface area contributed by atoms with E-state index in [9.17, 15) is 9.90 Å². The van der Waals surface area contributed by atoms with Crippen LogP contribution in [0.4, 0.5) is 0 Å². The summed E-state index contributed by atoms with van der Waals surface area (Å²) >= 11 is 0. The molecule has 1 heterocycles. The van der Waals surface area contributed by atoms with E-state index >= 15 is 0 Å². The molecule has 1 N–H and O–H groups in total. The Hall–Kier alpha value is -1.88. The fraction of sp³-hybridized carbons (Fsp3) is 0.467. The number of aromatic carboxylic acids is 1. The lowest BCUT2D eigenvalue weighted by Gasteiger charge is -2.11. The van der Waals surface area contributed by atoms with Crippen LogP contribution in [0.1, 0.15) is 29.5 Å². The zero-order valence-electron chi connectivity index (χ0n) is 12.3. The van der Waals surface area contributed by atoms with E-state index in [1.807, 2.05) is 13.0 Å². The molecule has 0 aliphatic heterocycles. The number of fused-ring (bicyclic) bond motifs is 1. The Balaban J connectivity index is 2.42. The predicted molar refractivity (Wildman–Crippen MR) is 79.2 cm³/mol. The van der Waals surface area contributed by atoms with Crippen LogP contribution in [0.25, 0.3) is 11.0 Å². The molecule has 0 spiro atoms. The summed E-state index contributed by atoms with van der Waals surface area (Å²) in [6, 6.07) is 5.35. The second-order valence-corrected chi connectivity index (χ2v) is 5.17. The minimum Gasteiger partial charge on any atom is -0.478 e. The van der Waals surface area contributed by atoms with Crippen molar-refractivity contribution in [2.24, 2.45) is 0 Å². The molecule has 0 aliphatic carbocycles. The van der Waals surface area contributed by atoms with Crippen LogP contribution in [0.5, 0.6) is 0 Å². The average Bonchev–Trinajstić information content (AvgIpc) is 2.76. The zero-order valence-corrected chi connectivity index (χ0v) is 12.3. The Kier molecular flexibility index (Phi) is 4.39. The van der Waals surface area contributed by atoms with Crippen LogP contribution >= 0.6 is 0 Å². The van der Waals surface area contributed by atoms with Crippen LogP contribution < -0.4 is 0 Å². The number of hydrogen-bond acceptors (Lipinski definition) is 3. The van der Waals surface area contributed by atoms with Crippen molar-refractivity contribution in [1.29, 1.82) is 0 Å². The third-order valence-electron chi connectivity index (χ3n) is 3.39. The Bertz CT molecular complexity index is 617. The van der Waals surface area contributed by atoms with E-state index in [0.717, 1.165) is 37.3 Å². The summed E-state index contributed by atoms with van der Waals surface area (Å²) in [5.41, 5.74) is 1.80. The number of aromatic nitrogens is 2. The van der Waals surface area contributed by atoms with Crippen LogP contribution in [0.15, 0.2) is 18.2 Å². The fourth-order valence-electron chi connectivity index (χ4n) is 2.43. The van der Waals surface area contributed by atoms with Crippen LogP contribution in [-0.4, -0.2) is 46.2 Å². The normalized spacial score (nSPS) is 11.4. The molecule has 0 saturated carbocycles. The number of imidazole rings is 1. The molecule has 5 nitrogen and oxygen atoms in total. The predicted octanol–water partition coefficient (Wildman–Crippen LogP) is 2.25. The van der Waals surface area contributed by atoms with Gasteiger partial charge in [-0.15, -0.1) is 0 Å². The van der Waals surface area contributed by atoms with Crippen molar-refractivity contribution in [2.75, 3.05) is 20.6 Å². The van der Waals surface area contributed by atoms with Gasteiger partial charge >= 0.3 is 5.97 Å². The molecule has 5 heteroatoms. The van der Waals surface area contributed by atoms with Crippen LogP contribution in [-0.2, 0) is 13.0 Å². The molecule has 0 radical (unpaired) electrons. The van der Waals surface area contributed by atoms with Crippen LogP contribution in [0, 0.1) is 0 Å². The summed E-state index contributed by atoms with van der Waals surface area (Å²) in [7, 11) is 4.10. The monoisotopic (exact) mass is 275 g/mol. The Morgan fingerprint density at radius 1 is 1.40 bits per heavy atom. The number of para-hydroxylation sites is 1. The van der Waals surface area contributed by atoms with Crippen molar-refractivity contribution in [3.05, 3.63) is 29.6 Å². The molecule has 0 unspecified atom stereocenters. The summed E-state index contributed by atoms with van der Waals surface area (Å²) in [5, 5.41) is 9.25. The molecule has 108 valence electrons. The molecular weight excluding hydrogens is 254 g/mol. The van der Waals surface area contributed by atoms with Gasteiger partial charge in [-0.2, -0.15) is 0 Å². The minimum absolute atomic E-state index is 0.281. The highest BCUT2D eigenvalue weighted by Gasteiger charge is 2.15. The van der Waals surface area contributed by atoms with E-state index in [-0.39, 0.29) is 5.56 Å². The third-order valence-corrected chi connectivity index (χ3v) is 3.39. The lowest BCUT2D eigenvalue weighted by Crippen LogP contribution is -2.15. The molecule has 0 aliphatic rings. The first-order valence-electron chi connectivity index (χ1n) is 6.90. The van der Waals surface area contributed by atoms with Crippen LogP contribution in [0.3, 0.4) is 0 Å². The Morgan fingerprint density at radius 3 is 2.75 bits per heavy atom. The van der Waals surface area contributed by atoms with Gasteiger partial charge in [-0.3, -0.25) is 0 Å². The lowest BCUT2D eigenvalue weighted by molar-refractivity contribution is 0.0699. The number of nitrogens with zero attached hydrogens (tertiary/aromatic N) is 3.